The molecule has 2 saturated heterocycles. The molecule has 0 radical (unpaired) electrons. The molecule has 2 fully saturated rings. The lowest BCUT2D eigenvalue weighted by atomic mass is 9.95. The van der Waals surface area contributed by atoms with E-state index in [-0.39, 0.29) is 6.04 Å². The van der Waals surface area contributed by atoms with Gasteiger partial charge in [-0.15, -0.1) is 0 Å². The third-order valence-electron chi connectivity index (χ3n) is 2.80. The van der Waals surface area contributed by atoms with Crippen LogP contribution in [0.3, 0.4) is 0 Å². The van der Waals surface area contributed by atoms with Gasteiger partial charge in [0.1, 0.15) is 0 Å². The molecule has 2 rings (SSSR count). The first kappa shape index (κ1) is 8.27. The first-order valence-electron chi connectivity index (χ1n) is 4.60. The van der Waals surface area contributed by atoms with Crippen LogP contribution >= 0.6 is 11.8 Å². The summed E-state index contributed by atoms with van der Waals surface area (Å²) in [4.78, 5) is 2.92. The number of fused-ring (bicyclic) bond motifs is 2. The lowest BCUT2D eigenvalue weighted by Gasteiger charge is -2.37. The second kappa shape index (κ2) is 3.58. The van der Waals surface area contributed by atoms with E-state index in [1.807, 2.05) is 0 Å². The molecular formula is C8H13N3S. The molecule has 3 atom stereocenters. The van der Waals surface area contributed by atoms with Gasteiger partial charge in [0.05, 0.1) is 0 Å². The molecule has 2 aliphatic rings. The summed E-state index contributed by atoms with van der Waals surface area (Å²) in [5.74, 6) is 0. The smallest absolute Gasteiger partial charge is 0.0493 e. The normalized spacial score (nSPS) is 40.2. The zero-order valence-corrected chi connectivity index (χ0v) is 7.83. The van der Waals surface area contributed by atoms with E-state index in [2.05, 4.69) is 21.8 Å². The molecule has 4 heteroatoms. The summed E-state index contributed by atoms with van der Waals surface area (Å²) < 4.78 is 0. The molecule has 2 heterocycles. The van der Waals surface area contributed by atoms with Gasteiger partial charge in [-0.05, 0) is 31.2 Å². The molecule has 0 aliphatic carbocycles. The van der Waals surface area contributed by atoms with Crippen LogP contribution in [-0.2, 0) is 0 Å². The van der Waals surface area contributed by atoms with E-state index in [1.165, 1.54) is 25.7 Å². The third-order valence-corrected chi connectivity index (χ3v) is 4.55. The highest BCUT2D eigenvalue weighted by atomic mass is 32.2. The van der Waals surface area contributed by atoms with Gasteiger partial charge in [0.15, 0.2) is 0 Å². The summed E-state index contributed by atoms with van der Waals surface area (Å²) in [5.41, 5.74) is 8.36. The van der Waals surface area contributed by atoms with Crippen LogP contribution in [0.15, 0.2) is 5.11 Å². The molecule has 3 nitrogen and oxygen atoms in total. The highest BCUT2D eigenvalue weighted by Gasteiger charge is 2.33. The zero-order chi connectivity index (χ0) is 8.39. The average Bonchev–Trinajstić information content (AvgIpc) is 2.11. The number of thioether (sulfide) groups is 1. The maximum atomic E-state index is 8.36. The molecule has 0 aromatic heterocycles. The number of rotatable bonds is 1. The Morgan fingerprint density at radius 1 is 1.25 bits per heavy atom. The Hall–Kier alpha value is -0.340. The van der Waals surface area contributed by atoms with Crippen LogP contribution in [0.5, 0.6) is 0 Å². The largest absolute Gasteiger partial charge is 0.155 e. The van der Waals surface area contributed by atoms with Crippen molar-refractivity contribution >= 4 is 11.8 Å². The standard InChI is InChI=1S/C8H13N3S/c9-11-10-7-5-4-6-2-1-3-8(7)12-6/h6-8H,1-5H2/t6-,7+,8+/m0/s1. The fourth-order valence-corrected chi connectivity index (χ4v) is 3.91. The van der Waals surface area contributed by atoms with Crippen molar-refractivity contribution in [3.8, 4) is 0 Å². The highest BCUT2D eigenvalue weighted by molar-refractivity contribution is 8.00. The predicted octanol–water partition coefficient (Wildman–Crippen LogP) is 3.11. The first-order chi connectivity index (χ1) is 5.90. The fourth-order valence-electron chi connectivity index (χ4n) is 2.17. The van der Waals surface area contributed by atoms with Crippen LogP contribution in [0.1, 0.15) is 32.1 Å². The molecule has 12 heavy (non-hydrogen) atoms. The van der Waals surface area contributed by atoms with Crippen LogP contribution in [0.2, 0.25) is 0 Å². The van der Waals surface area contributed by atoms with Gasteiger partial charge in [0, 0.05) is 21.5 Å². The second-order valence-electron chi connectivity index (χ2n) is 3.58. The molecule has 2 bridgehead atoms. The van der Waals surface area contributed by atoms with E-state index in [1.54, 1.807) is 0 Å². The molecule has 0 aromatic carbocycles. The maximum absolute atomic E-state index is 8.36. The topological polar surface area (TPSA) is 48.8 Å². The monoisotopic (exact) mass is 183 g/mol. The molecule has 66 valence electrons. The van der Waals surface area contributed by atoms with Gasteiger partial charge in [0.2, 0.25) is 0 Å². The molecule has 2 aliphatic heterocycles. The van der Waals surface area contributed by atoms with Crippen molar-refractivity contribution in [2.45, 2.75) is 48.6 Å². The maximum Gasteiger partial charge on any atom is 0.0493 e. The Bertz CT molecular complexity index is 212. The summed E-state index contributed by atoms with van der Waals surface area (Å²) in [6, 6.07) is 0.288. The van der Waals surface area contributed by atoms with E-state index in [4.69, 9.17) is 5.53 Å². The van der Waals surface area contributed by atoms with Crippen LogP contribution in [-0.4, -0.2) is 16.5 Å². The molecule has 0 amide bonds. The van der Waals surface area contributed by atoms with Crippen LogP contribution in [0.25, 0.3) is 10.4 Å². The van der Waals surface area contributed by atoms with Crippen molar-refractivity contribution < 1.29 is 0 Å². The van der Waals surface area contributed by atoms with Crippen molar-refractivity contribution in [3.63, 3.8) is 0 Å². The van der Waals surface area contributed by atoms with Gasteiger partial charge < -0.3 is 0 Å². The van der Waals surface area contributed by atoms with E-state index >= 15 is 0 Å². The Morgan fingerprint density at radius 3 is 3.00 bits per heavy atom. The predicted molar refractivity (Wildman–Crippen MR) is 51.2 cm³/mol. The zero-order valence-electron chi connectivity index (χ0n) is 7.02. The summed E-state index contributed by atoms with van der Waals surface area (Å²) >= 11 is 2.06. The Kier molecular flexibility index (Phi) is 2.47. The summed E-state index contributed by atoms with van der Waals surface area (Å²) in [7, 11) is 0. The molecular weight excluding hydrogens is 170 g/mol. The van der Waals surface area contributed by atoms with Gasteiger partial charge in [-0.1, -0.05) is 11.5 Å². The quantitative estimate of drug-likeness (QED) is 0.350. The van der Waals surface area contributed by atoms with Gasteiger partial charge in [-0.3, -0.25) is 0 Å². The minimum atomic E-state index is 0.288. The second-order valence-corrected chi connectivity index (χ2v) is 5.12. The minimum absolute atomic E-state index is 0.288. The number of hydrogen-bond donors (Lipinski definition) is 0. The number of nitrogens with zero attached hydrogens (tertiary/aromatic N) is 3. The SMILES string of the molecule is [N-]=[N+]=N[C@@H]1CC[C@@H]2CCC[C@H]1S2. The fraction of sp³-hybridized carbons (Fsp3) is 1.00. The summed E-state index contributed by atoms with van der Waals surface area (Å²) in [5, 5.41) is 5.37. The Morgan fingerprint density at radius 2 is 2.17 bits per heavy atom. The lowest BCUT2D eigenvalue weighted by Crippen LogP contribution is -2.33. The van der Waals surface area contributed by atoms with Gasteiger partial charge in [0.25, 0.3) is 0 Å². The van der Waals surface area contributed by atoms with Gasteiger partial charge >= 0.3 is 0 Å². The van der Waals surface area contributed by atoms with Crippen LogP contribution < -0.4 is 0 Å². The van der Waals surface area contributed by atoms with Crippen molar-refractivity contribution in [1.82, 2.24) is 0 Å². The van der Waals surface area contributed by atoms with Crippen molar-refractivity contribution in [3.05, 3.63) is 10.4 Å². The average molecular weight is 183 g/mol. The van der Waals surface area contributed by atoms with Crippen molar-refractivity contribution in [2.75, 3.05) is 0 Å². The first-order valence-corrected chi connectivity index (χ1v) is 5.54. The van der Waals surface area contributed by atoms with Crippen LogP contribution in [0.4, 0.5) is 0 Å². The van der Waals surface area contributed by atoms with E-state index in [0.29, 0.717) is 5.25 Å². The van der Waals surface area contributed by atoms with E-state index in [9.17, 15) is 0 Å². The van der Waals surface area contributed by atoms with E-state index < -0.39 is 0 Å². The molecule has 0 aromatic rings. The number of hydrogen-bond acceptors (Lipinski definition) is 2. The minimum Gasteiger partial charge on any atom is -0.155 e. The van der Waals surface area contributed by atoms with Crippen molar-refractivity contribution in [2.24, 2.45) is 5.11 Å². The summed E-state index contributed by atoms with van der Waals surface area (Å²) in [6.45, 7) is 0. The highest BCUT2D eigenvalue weighted by Crippen LogP contribution is 2.42. The molecule has 0 N–H and O–H groups in total. The molecule has 0 unspecified atom stereocenters. The van der Waals surface area contributed by atoms with Crippen LogP contribution in [0, 0.1) is 0 Å². The molecule has 0 saturated carbocycles. The third kappa shape index (κ3) is 1.54. The number of azide groups is 1. The lowest BCUT2D eigenvalue weighted by molar-refractivity contribution is 0.441. The van der Waals surface area contributed by atoms with E-state index in [0.717, 1.165) is 11.7 Å². The van der Waals surface area contributed by atoms with Crippen molar-refractivity contribution in [1.29, 1.82) is 0 Å². The van der Waals surface area contributed by atoms with Gasteiger partial charge in [-0.25, -0.2) is 0 Å². The van der Waals surface area contributed by atoms with Gasteiger partial charge in [-0.2, -0.15) is 11.8 Å². The summed E-state index contributed by atoms with van der Waals surface area (Å²) in [6.07, 6.45) is 6.34. The Balaban J connectivity index is 2.03. The Labute approximate surface area is 76.5 Å². The molecule has 0 spiro atoms.